The third kappa shape index (κ3) is 4.00. The number of nitrogens with zero attached hydrogens (tertiary/aromatic N) is 1. The number of nitrogens with two attached hydrogens (primary N) is 1. The minimum atomic E-state index is -3.76. The molecule has 0 aliphatic heterocycles. The van der Waals surface area contributed by atoms with Gasteiger partial charge in [0.2, 0.25) is 10.0 Å². The summed E-state index contributed by atoms with van der Waals surface area (Å²) in [5.41, 5.74) is 5.48. The molecule has 118 valence electrons. The van der Waals surface area contributed by atoms with E-state index >= 15 is 0 Å². The Hall–Kier alpha value is -1.02. The Morgan fingerprint density at radius 1 is 1.43 bits per heavy atom. The lowest BCUT2D eigenvalue weighted by Crippen LogP contribution is -2.31. The van der Waals surface area contributed by atoms with Crippen LogP contribution in [0.15, 0.2) is 23.1 Å². The molecule has 0 bridgehead atoms. The van der Waals surface area contributed by atoms with Gasteiger partial charge in [0.05, 0.1) is 11.5 Å². The Morgan fingerprint density at radius 3 is 2.76 bits per heavy atom. The highest BCUT2D eigenvalue weighted by molar-refractivity contribution is 7.89. The zero-order valence-corrected chi connectivity index (χ0v) is 12.9. The fraction of sp³-hybridized carbons (Fsp3) is 0.571. The molecule has 7 heteroatoms. The lowest BCUT2D eigenvalue weighted by Gasteiger charge is -2.19. The number of hydrogen-bond donors (Lipinski definition) is 1. The van der Waals surface area contributed by atoms with Crippen molar-refractivity contribution in [3.8, 4) is 0 Å². The normalized spacial score (nSPS) is 15.6. The van der Waals surface area contributed by atoms with Gasteiger partial charge in [-0.25, -0.2) is 12.8 Å². The van der Waals surface area contributed by atoms with Crippen LogP contribution in [0.2, 0.25) is 0 Å². The molecule has 21 heavy (non-hydrogen) atoms. The number of hydrogen-bond acceptors (Lipinski definition) is 4. The van der Waals surface area contributed by atoms with Crippen LogP contribution in [0.3, 0.4) is 0 Å². The van der Waals surface area contributed by atoms with E-state index in [2.05, 4.69) is 0 Å². The van der Waals surface area contributed by atoms with Gasteiger partial charge in [0.1, 0.15) is 5.82 Å². The predicted octanol–water partition coefficient (Wildman–Crippen LogP) is 1.33. The van der Waals surface area contributed by atoms with Gasteiger partial charge in [-0.2, -0.15) is 4.31 Å². The summed E-state index contributed by atoms with van der Waals surface area (Å²) in [7, 11) is -2.30. The second kappa shape index (κ2) is 6.83. The number of likely N-dealkylation sites (N-methyl/N-ethyl adjacent to an activating group) is 1. The van der Waals surface area contributed by atoms with Gasteiger partial charge in [-0.1, -0.05) is 6.07 Å². The minimum absolute atomic E-state index is 0.0169. The van der Waals surface area contributed by atoms with Crippen LogP contribution in [0.5, 0.6) is 0 Å². The van der Waals surface area contributed by atoms with Crippen molar-refractivity contribution in [3.63, 3.8) is 0 Å². The Labute approximate surface area is 124 Å². The molecule has 0 heterocycles. The van der Waals surface area contributed by atoms with E-state index in [9.17, 15) is 12.8 Å². The summed E-state index contributed by atoms with van der Waals surface area (Å²) in [6, 6.07) is 3.96. The van der Waals surface area contributed by atoms with Crippen molar-refractivity contribution in [1.82, 2.24) is 4.31 Å². The summed E-state index contributed by atoms with van der Waals surface area (Å²) in [5.74, 6) is 0.0379. The summed E-state index contributed by atoms with van der Waals surface area (Å²) in [4.78, 5) is -0.0744. The minimum Gasteiger partial charge on any atom is -0.380 e. The van der Waals surface area contributed by atoms with Crippen molar-refractivity contribution in [2.45, 2.75) is 24.3 Å². The third-order valence-electron chi connectivity index (χ3n) is 3.57. The summed E-state index contributed by atoms with van der Waals surface area (Å²) in [5, 5.41) is 0. The van der Waals surface area contributed by atoms with Crippen LogP contribution >= 0.6 is 0 Å². The maximum absolute atomic E-state index is 13.7. The zero-order valence-electron chi connectivity index (χ0n) is 12.1. The van der Waals surface area contributed by atoms with Crippen LogP contribution in [-0.2, 0) is 21.3 Å². The average molecular weight is 316 g/mol. The SMILES string of the molecule is CN(CCOCC1CC1)S(=O)(=O)c1cccc(F)c1CN. The second-order valence-corrected chi connectivity index (χ2v) is 7.28. The largest absolute Gasteiger partial charge is 0.380 e. The van der Waals surface area contributed by atoms with Crippen molar-refractivity contribution in [2.75, 3.05) is 26.8 Å². The van der Waals surface area contributed by atoms with Crippen LogP contribution in [0.4, 0.5) is 4.39 Å². The Morgan fingerprint density at radius 2 is 2.14 bits per heavy atom. The predicted molar refractivity (Wildman–Crippen MR) is 77.7 cm³/mol. The van der Waals surface area contributed by atoms with Gasteiger partial charge in [0, 0.05) is 32.3 Å². The molecule has 0 atom stereocenters. The molecular formula is C14H21FN2O3S. The quantitative estimate of drug-likeness (QED) is 0.735. The first kappa shape index (κ1) is 16.4. The molecule has 1 saturated carbocycles. The van der Waals surface area contributed by atoms with Crippen LogP contribution in [-0.4, -0.2) is 39.5 Å². The van der Waals surface area contributed by atoms with Gasteiger partial charge < -0.3 is 10.5 Å². The van der Waals surface area contributed by atoms with Gasteiger partial charge in [0.15, 0.2) is 0 Å². The molecule has 2 rings (SSSR count). The highest BCUT2D eigenvalue weighted by Crippen LogP contribution is 2.28. The zero-order chi connectivity index (χ0) is 15.5. The van der Waals surface area contributed by atoms with E-state index in [4.69, 9.17) is 10.5 Å². The molecule has 0 unspecified atom stereocenters. The van der Waals surface area contributed by atoms with Crippen molar-refractivity contribution in [2.24, 2.45) is 11.7 Å². The summed E-state index contributed by atoms with van der Waals surface area (Å²) < 4.78 is 45.2. The summed E-state index contributed by atoms with van der Waals surface area (Å²) in [6.07, 6.45) is 2.38. The fourth-order valence-electron chi connectivity index (χ4n) is 1.99. The highest BCUT2D eigenvalue weighted by Gasteiger charge is 2.25. The molecule has 1 aromatic carbocycles. The van der Waals surface area contributed by atoms with Gasteiger partial charge in [-0.3, -0.25) is 0 Å². The summed E-state index contributed by atoms with van der Waals surface area (Å²) in [6.45, 7) is 1.09. The first-order chi connectivity index (χ1) is 9.96. The van der Waals surface area contributed by atoms with E-state index in [1.807, 2.05) is 0 Å². The number of sulfonamides is 1. The van der Waals surface area contributed by atoms with Crippen LogP contribution < -0.4 is 5.73 Å². The smallest absolute Gasteiger partial charge is 0.243 e. The molecule has 5 nitrogen and oxygen atoms in total. The highest BCUT2D eigenvalue weighted by atomic mass is 32.2. The third-order valence-corrected chi connectivity index (χ3v) is 5.51. The van der Waals surface area contributed by atoms with Crippen LogP contribution in [0, 0.1) is 11.7 Å². The Kier molecular flexibility index (Phi) is 5.32. The van der Waals surface area contributed by atoms with Crippen LogP contribution in [0.1, 0.15) is 18.4 Å². The number of benzene rings is 1. The molecule has 0 saturated heterocycles. The van der Waals surface area contributed by atoms with E-state index < -0.39 is 15.8 Å². The molecule has 1 aliphatic carbocycles. The number of halogens is 1. The van der Waals surface area contributed by atoms with E-state index in [0.29, 0.717) is 19.1 Å². The summed E-state index contributed by atoms with van der Waals surface area (Å²) >= 11 is 0. The average Bonchev–Trinajstić information content (AvgIpc) is 3.27. The van der Waals surface area contributed by atoms with Crippen molar-refractivity contribution in [3.05, 3.63) is 29.6 Å². The molecule has 0 amide bonds. The molecule has 1 aliphatic rings. The monoisotopic (exact) mass is 316 g/mol. The Bertz CT molecular complexity index is 588. The van der Waals surface area contributed by atoms with E-state index in [-0.39, 0.29) is 23.5 Å². The molecule has 1 aromatic rings. The second-order valence-electron chi connectivity index (χ2n) is 5.27. The van der Waals surface area contributed by atoms with Gasteiger partial charge in [-0.15, -0.1) is 0 Å². The van der Waals surface area contributed by atoms with E-state index in [1.54, 1.807) is 0 Å². The van der Waals surface area contributed by atoms with Gasteiger partial charge in [-0.05, 0) is 30.9 Å². The molecular weight excluding hydrogens is 295 g/mol. The topological polar surface area (TPSA) is 72.6 Å². The van der Waals surface area contributed by atoms with Crippen molar-refractivity contribution < 1.29 is 17.5 Å². The standard InChI is InChI=1S/C14H21FN2O3S/c1-17(7-8-20-10-11-5-6-11)21(18,19)14-4-2-3-13(15)12(14)9-16/h2-4,11H,5-10,16H2,1H3. The first-order valence-corrected chi connectivity index (χ1v) is 8.42. The van der Waals surface area contributed by atoms with Gasteiger partial charge in [0.25, 0.3) is 0 Å². The number of ether oxygens (including phenoxy) is 1. The molecule has 0 radical (unpaired) electrons. The number of rotatable bonds is 8. The maximum Gasteiger partial charge on any atom is 0.243 e. The lowest BCUT2D eigenvalue weighted by molar-refractivity contribution is 0.117. The molecule has 0 aromatic heterocycles. The fourth-order valence-corrected chi connectivity index (χ4v) is 3.39. The van der Waals surface area contributed by atoms with E-state index in [1.165, 1.54) is 42.4 Å². The Balaban J connectivity index is 2.03. The molecule has 0 spiro atoms. The van der Waals surface area contributed by atoms with Crippen LogP contribution in [0.25, 0.3) is 0 Å². The van der Waals surface area contributed by atoms with Gasteiger partial charge >= 0.3 is 0 Å². The lowest BCUT2D eigenvalue weighted by atomic mass is 10.2. The van der Waals surface area contributed by atoms with Crippen molar-refractivity contribution >= 4 is 10.0 Å². The maximum atomic E-state index is 13.7. The molecule has 2 N–H and O–H groups in total. The molecule has 1 fully saturated rings. The van der Waals surface area contributed by atoms with E-state index in [0.717, 1.165) is 0 Å². The first-order valence-electron chi connectivity index (χ1n) is 6.98. The van der Waals surface area contributed by atoms with Crippen molar-refractivity contribution in [1.29, 1.82) is 0 Å².